The molecule has 34 heavy (non-hydrogen) atoms. The number of halogens is 2. The van der Waals surface area contributed by atoms with Crippen LogP contribution in [0.3, 0.4) is 0 Å². The zero-order valence-electron chi connectivity index (χ0n) is 19.5. The Morgan fingerprint density at radius 2 is 1.85 bits per heavy atom. The average molecular weight is 558 g/mol. The molecule has 0 radical (unpaired) electrons. The fourth-order valence-corrected chi connectivity index (χ4v) is 5.99. The lowest BCUT2D eigenvalue weighted by Gasteiger charge is -2.20. The van der Waals surface area contributed by atoms with Gasteiger partial charge in [0, 0.05) is 12.1 Å². The molecular weight excluding hydrogens is 532 g/mol. The van der Waals surface area contributed by atoms with Gasteiger partial charge >= 0.3 is 0 Å². The van der Waals surface area contributed by atoms with Crippen molar-refractivity contribution in [2.45, 2.75) is 46.4 Å². The summed E-state index contributed by atoms with van der Waals surface area (Å²) in [7, 11) is 0. The number of carbonyl (C=O) groups excluding carboxylic acids is 1. The molecule has 0 unspecified atom stereocenters. The Balaban J connectivity index is 1.58. The number of fused-ring (bicyclic) bond motifs is 1. The molecule has 4 rings (SSSR count). The molecule has 176 valence electrons. The summed E-state index contributed by atoms with van der Waals surface area (Å²) in [5.74, 6) is 0.538. The fourth-order valence-electron chi connectivity index (χ4n) is 3.77. The van der Waals surface area contributed by atoms with Crippen LogP contribution in [0.2, 0.25) is 5.02 Å². The number of hydrogen-bond donors (Lipinski definition) is 0. The lowest BCUT2D eigenvalue weighted by Crippen LogP contribution is -2.35. The minimum absolute atomic E-state index is 0.0311. The average Bonchev–Trinajstić information content (AvgIpc) is 3.07. The lowest BCUT2D eigenvalue weighted by atomic mass is 10.1. The first-order valence-electron chi connectivity index (χ1n) is 11.1. The first-order valence-corrected chi connectivity index (χ1v) is 13.1. The van der Waals surface area contributed by atoms with Crippen molar-refractivity contribution in [2.24, 2.45) is 4.99 Å². The molecule has 4 nitrogen and oxygen atoms in total. The highest BCUT2D eigenvalue weighted by atomic mass is 79.9. The van der Waals surface area contributed by atoms with Gasteiger partial charge in [-0.25, -0.2) is 0 Å². The normalized spacial score (nSPS) is 16.6. The maximum Gasteiger partial charge on any atom is 0.266 e. The van der Waals surface area contributed by atoms with Gasteiger partial charge in [-0.05, 0) is 95.5 Å². The van der Waals surface area contributed by atoms with Crippen LogP contribution in [0.5, 0.6) is 5.75 Å². The summed E-state index contributed by atoms with van der Waals surface area (Å²) in [6, 6.07) is 18.3. The molecule has 0 atom stereocenters. The van der Waals surface area contributed by atoms with Crippen molar-refractivity contribution in [3.8, 4) is 5.75 Å². The van der Waals surface area contributed by atoms with Crippen molar-refractivity contribution < 1.29 is 9.53 Å². The molecule has 0 spiro atoms. The zero-order chi connectivity index (χ0) is 24.4. The van der Waals surface area contributed by atoms with E-state index in [1.165, 1.54) is 17.1 Å². The van der Waals surface area contributed by atoms with Crippen molar-refractivity contribution in [1.29, 1.82) is 0 Å². The number of nitrogens with zero attached hydrogens (tertiary/aromatic N) is 2. The van der Waals surface area contributed by atoms with Gasteiger partial charge in [0.1, 0.15) is 6.61 Å². The van der Waals surface area contributed by atoms with E-state index in [2.05, 4.69) is 45.2 Å². The second-order valence-electron chi connectivity index (χ2n) is 8.63. The van der Waals surface area contributed by atoms with Crippen LogP contribution >= 0.6 is 39.3 Å². The van der Waals surface area contributed by atoms with Crippen LogP contribution in [-0.2, 0) is 11.4 Å². The number of aliphatic imine (C=N–C) groups is 1. The van der Waals surface area contributed by atoms with Crippen molar-refractivity contribution in [2.75, 3.05) is 0 Å². The number of ether oxygens (including phenoxy) is 1. The molecular formula is C27H26BrClN2O2S. The summed E-state index contributed by atoms with van der Waals surface area (Å²) < 4.78 is 6.85. The molecule has 0 saturated carbocycles. The van der Waals surface area contributed by atoms with E-state index in [-0.39, 0.29) is 18.0 Å². The van der Waals surface area contributed by atoms with Crippen molar-refractivity contribution in [3.05, 3.63) is 80.1 Å². The molecule has 1 amide bonds. The Morgan fingerprint density at radius 3 is 2.56 bits per heavy atom. The van der Waals surface area contributed by atoms with Crippen LogP contribution < -0.4 is 4.74 Å². The monoisotopic (exact) mass is 556 g/mol. The number of amidine groups is 1. The van der Waals surface area contributed by atoms with E-state index in [4.69, 9.17) is 16.3 Å². The van der Waals surface area contributed by atoms with Crippen LogP contribution in [-0.4, -0.2) is 28.1 Å². The molecule has 1 heterocycles. The van der Waals surface area contributed by atoms with Crippen LogP contribution in [0.4, 0.5) is 0 Å². The predicted molar refractivity (Wildman–Crippen MR) is 148 cm³/mol. The van der Waals surface area contributed by atoms with Gasteiger partial charge in [0.2, 0.25) is 0 Å². The van der Waals surface area contributed by atoms with E-state index in [9.17, 15) is 4.79 Å². The Kier molecular flexibility index (Phi) is 7.70. The molecule has 1 aliphatic rings. The fraction of sp³-hybridized carbons (Fsp3) is 0.259. The number of benzene rings is 3. The number of thioether (sulfide) groups is 1. The first-order chi connectivity index (χ1) is 16.2. The Morgan fingerprint density at radius 1 is 1.12 bits per heavy atom. The standard InChI is InChI=1S/C27H26BrClN2O2S/c1-16(2)30-27-31(17(3)4)26(32)24(34-27)14-18-12-22(28)25(23(29)13-18)33-15-20-10-7-9-19-8-5-6-11-21(19)20/h5-14,16-17H,15H2,1-4H3/b24-14+,30-27?. The highest BCUT2D eigenvalue weighted by Crippen LogP contribution is 2.39. The van der Waals surface area contributed by atoms with Gasteiger partial charge in [-0.3, -0.25) is 14.7 Å². The topological polar surface area (TPSA) is 41.9 Å². The highest BCUT2D eigenvalue weighted by molar-refractivity contribution is 9.10. The van der Waals surface area contributed by atoms with Crippen LogP contribution in [0.1, 0.15) is 38.8 Å². The Hall–Kier alpha value is -2.28. The predicted octanol–water partition coefficient (Wildman–Crippen LogP) is 7.92. The van der Waals surface area contributed by atoms with Gasteiger partial charge < -0.3 is 4.74 Å². The maximum absolute atomic E-state index is 13.0. The quantitative estimate of drug-likeness (QED) is 0.289. The third-order valence-electron chi connectivity index (χ3n) is 5.29. The molecule has 3 aromatic carbocycles. The third-order valence-corrected chi connectivity index (χ3v) is 7.16. The van der Waals surface area contributed by atoms with E-state index in [1.807, 2.05) is 64.1 Å². The number of hydrogen-bond acceptors (Lipinski definition) is 4. The van der Waals surface area contributed by atoms with Crippen LogP contribution in [0.25, 0.3) is 16.8 Å². The highest BCUT2D eigenvalue weighted by Gasteiger charge is 2.35. The van der Waals surface area contributed by atoms with Crippen molar-refractivity contribution in [1.82, 2.24) is 4.90 Å². The Bertz CT molecular complexity index is 1270. The minimum atomic E-state index is -0.0390. The summed E-state index contributed by atoms with van der Waals surface area (Å²) in [5, 5.41) is 3.55. The molecule has 0 bridgehead atoms. The van der Waals surface area contributed by atoms with Crippen molar-refractivity contribution >= 4 is 67.2 Å². The molecule has 0 aliphatic carbocycles. The van der Waals surface area contributed by atoms with E-state index < -0.39 is 0 Å². The summed E-state index contributed by atoms with van der Waals surface area (Å²) >= 11 is 11.6. The first kappa shape index (κ1) is 24.8. The summed E-state index contributed by atoms with van der Waals surface area (Å²) in [5.41, 5.74) is 1.91. The minimum Gasteiger partial charge on any atom is -0.486 e. The second-order valence-corrected chi connectivity index (χ2v) is 10.9. The van der Waals surface area contributed by atoms with E-state index in [1.54, 1.807) is 4.90 Å². The largest absolute Gasteiger partial charge is 0.486 e. The second kappa shape index (κ2) is 10.5. The molecule has 0 aromatic heterocycles. The SMILES string of the molecule is CC(C)N=C1S/C(=C/c2cc(Cl)c(OCc3cccc4ccccc34)c(Br)c2)C(=O)N1C(C)C. The van der Waals surface area contributed by atoms with Gasteiger partial charge in [-0.15, -0.1) is 0 Å². The smallest absolute Gasteiger partial charge is 0.266 e. The van der Waals surface area contributed by atoms with Gasteiger partial charge in [0.15, 0.2) is 10.9 Å². The van der Waals surface area contributed by atoms with Gasteiger partial charge in [0.25, 0.3) is 5.91 Å². The third kappa shape index (κ3) is 5.35. The number of carbonyl (C=O) groups is 1. The van der Waals surface area contributed by atoms with Crippen LogP contribution in [0, 0.1) is 0 Å². The number of amides is 1. The molecule has 1 saturated heterocycles. The summed E-state index contributed by atoms with van der Waals surface area (Å²) in [4.78, 5) is 20.0. The van der Waals surface area contributed by atoms with Crippen molar-refractivity contribution in [3.63, 3.8) is 0 Å². The van der Waals surface area contributed by atoms with E-state index in [0.717, 1.165) is 26.2 Å². The summed E-state index contributed by atoms with van der Waals surface area (Å²) in [6.07, 6.45) is 1.86. The van der Waals surface area contributed by atoms with Crippen LogP contribution in [0.15, 0.2) is 69.0 Å². The zero-order valence-corrected chi connectivity index (χ0v) is 22.7. The van der Waals surface area contributed by atoms with Gasteiger partial charge in [0.05, 0.1) is 14.4 Å². The maximum atomic E-state index is 13.0. The molecule has 1 fully saturated rings. The number of rotatable bonds is 6. The Labute approximate surface area is 218 Å². The summed E-state index contributed by atoms with van der Waals surface area (Å²) in [6.45, 7) is 8.39. The molecule has 3 aromatic rings. The molecule has 7 heteroatoms. The van der Waals surface area contributed by atoms with E-state index >= 15 is 0 Å². The van der Waals surface area contributed by atoms with Gasteiger partial charge in [-0.2, -0.15) is 0 Å². The molecule has 0 N–H and O–H groups in total. The molecule has 1 aliphatic heterocycles. The van der Waals surface area contributed by atoms with Gasteiger partial charge in [-0.1, -0.05) is 54.1 Å². The van der Waals surface area contributed by atoms with E-state index in [0.29, 0.717) is 22.3 Å². The lowest BCUT2D eigenvalue weighted by molar-refractivity contribution is -0.123.